The highest BCUT2D eigenvalue weighted by molar-refractivity contribution is 5.80. The highest BCUT2D eigenvalue weighted by Crippen LogP contribution is 2.38. The summed E-state index contributed by atoms with van der Waals surface area (Å²) in [7, 11) is 4.07. The van der Waals surface area contributed by atoms with Crippen LogP contribution in [0.2, 0.25) is 0 Å². The van der Waals surface area contributed by atoms with Gasteiger partial charge in [0.05, 0.1) is 0 Å². The Labute approximate surface area is 133 Å². The first-order valence-corrected chi connectivity index (χ1v) is 8.35. The number of hydrogen-bond acceptors (Lipinski definition) is 3. The maximum Gasteiger partial charge on any atom is 0.317 e. The lowest BCUT2D eigenvalue weighted by atomic mass is 9.85. The smallest absolute Gasteiger partial charge is 0.317 e. The van der Waals surface area contributed by atoms with E-state index in [1.54, 1.807) is 0 Å². The van der Waals surface area contributed by atoms with Gasteiger partial charge in [-0.15, -0.1) is 0 Å². The molecule has 1 spiro atoms. The molecule has 2 aliphatic rings. The Kier molecular flexibility index (Phi) is 5.32. The molecule has 2 saturated heterocycles. The molecule has 0 bridgehead atoms. The van der Waals surface area contributed by atoms with E-state index < -0.39 is 0 Å². The van der Waals surface area contributed by atoms with Crippen molar-refractivity contribution in [3.8, 4) is 0 Å². The molecule has 0 unspecified atom stereocenters. The Morgan fingerprint density at radius 2 is 1.91 bits per heavy atom. The molecule has 3 amide bonds. The summed E-state index contributed by atoms with van der Waals surface area (Å²) < 4.78 is 0. The zero-order chi connectivity index (χ0) is 16.3. The lowest BCUT2D eigenvalue weighted by molar-refractivity contribution is -0.132. The van der Waals surface area contributed by atoms with Gasteiger partial charge in [-0.1, -0.05) is 0 Å². The molecule has 6 nitrogen and oxygen atoms in total. The van der Waals surface area contributed by atoms with E-state index in [1.165, 1.54) is 0 Å². The van der Waals surface area contributed by atoms with Gasteiger partial charge in [-0.05, 0) is 47.2 Å². The predicted octanol–water partition coefficient (Wildman–Crippen LogP) is 1.12. The summed E-state index contributed by atoms with van der Waals surface area (Å²) >= 11 is 0. The monoisotopic (exact) mass is 310 g/mol. The molecule has 2 heterocycles. The number of nitrogens with one attached hydrogen (secondary N) is 1. The quantitative estimate of drug-likeness (QED) is 0.847. The van der Waals surface area contributed by atoms with Crippen molar-refractivity contribution in [1.82, 2.24) is 20.0 Å². The van der Waals surface area contributed by atoms with Gasteiger partial charge >= 0.3 is 6.03 Å². The molecular weight excluding hydrogens is 280 g/mol. The van der Waals surface area contributed by atoms with Gasteiger partial charge in [0.15, 0.2) is 0 Å². The number of carbonyl (C=O) groups excluding carboxylic acids is 2. The van der Waals surface area contributed by atoms with Gasteiger partial charge < -0.3 is 20.0 Å². The second-order valence-electron chi connectivity index (χ2n) is 7.16. The second kappa shape index (κ2) is 6.86. The van der Waals surface area contributed by atoms with Crippen LogP contribution in [0.1, 0.15) is 39.5 Å². The maximum atomic E-state index is 12.2. The third kappa shape index (κ3) is 3.72. The van der Waals surface area contributed by atoms with Crippen molar-refractivity contribution in [2.75, 3.05) is 40.3 Å². The van der Waals surface area contributed by atoms with Crippen LogP contribution in [0.5, 0.6) is 0 Å². The molecule has 6 heteroatoms. The number of urea groups is 1. The second-order valence-corrected chi connectivity index (χ2v) is 7.16. The number of nitrogens with zero attached hydrogens (tertiary/aromatic N) is 3. The molecule has 2 aliphatic heterocycles. The standard InChI is InChI=1S/C16H30N4O2/c1-13(2)17-15(22)19-9-7-16(8-10-19)6-5-14(21)20(16)12-11-18(3)4/h13H,5-12H2,1-4H3,(H,17,22). The van der Waals surface area contributed by atoms with E-state index in [4.69, 9.17) is 0 Å². The fourth-order valence-electron chi connectivity index (χ4n) is 3.52. The van der Waals surface area contributed by atoms with Crippen LogP contribution in [-0.2, 0) is 4.79 Å². The lowest BCUT2D eigenvalue weighted by Gasteiger charge is -2.45. The molecule has 0 aliphatic carbocycles. The third-order valence-corrected chi connectivity index (χ3v) is 4.84. The number of rotatable bonds is 4. The third-order valence-electron chi connectivity index (χ3n) is 4.84. The van der Waals surface area contributed by atoms with Crippen LogP contribution in [0.25, 0.3) is 0 Å². The first kappa shape index (κ1) is 17.1. The molecule has 0 aromatic carbocycles. The Bertz CT molecular complexity index is 414. The first-order chi connectivity index (χ1) is 10.3. The molecule has 0 atom stereocenters. The van der Waals surface area contributed by atoms with Crippen molar-refractivity contribution in [2.24, 2.45) is 0 Å². The average molecular weight is 310 g/mol. The minimum Gasteiger partial charge on any atom is -0.336 e. The molecule has 1 N–H and O–H groups in total. The van der Waals surface area contributed by atoms with E-state index in [2.05, 4.69) is 15.1 Å². The predicted molar refractivity (Wildman–Crippen MR) is 86.7 cm³/mol. The highest BCUT2D eigenvalue weighted by Gasteiger charge is 2.47. The fourth-order valence-corrected chi connectivity index (χ4v) is 3.52. The van der Waals surface area contributed by atoms with Gasteiger partial charge in [-0.3, -0.25) is 4.79 Å². The molecule has 22 heavy (non-hydrogen) atoms. The van der Waals surface area contributed by atoms with E-state index in [0.717, 1.165) is 45.4 Å². The lowest BCUT2D eigenvalue weighted by Crippen LogP contribution is -2.56. The van der Waals surface area contributed by atoms with E-state index in [1.807, 2.05) is 32.8 Å². The molecule has 0 radical (unpaired) electrons. The molecule has 126 valence electrons. The summed E-state index contributed by atoms with van der Waals surface area (Å²) in [6.07, 6.45) is 3.40. The minimum atomic E-state index is -0.0122. The SMILES string of the molecule is CC(C)NC(=O)N1CCC2(CCC(=O)N2CCN(C)C)CC1. The van der Waals surface area contributed by atoms with E-state index in [9.17, 15) is 9.59 Å². The van der Waals surface area contributed by atoms with Crippen LogP contribution >= 0.6 is 0 Å². The molecular formula is C16H30N4O2. The summed E-state index contributed by atoms with van der Waals surface area (Å²) in [5, 5.41) is 2.95. The maximum absolute atomic E-state index is 12.2. The van der Waals surface area contributed by atoms with Crippen molar-refractivity contribution in [3.05, 3.63) is 0 Å². The van der Waals surface area contributed by atoms with Gasteiger partial charge in [-0.2, -0.15) is 0 Å². The Balaban J connectivity index is 1.95. The highest BCUT2D eigenvalue weighted by atomic mass is 16.2. The number of likely N-dealkylation sites (tertiary alicyclic amines) is 2. The number of piperidine rings is 1. The number of hydrogen-bond donors (Lipinski definition) is 1. The van der Waals surface area contributed by atoms with Crippen molar-refractivity contribution in [1.29, 1.82) is 0 Å². The van der Waals surface area contributed by atoms with Crippen molar-refractivity contribution >= 4 is 11.9 Å². The van der Waals surface area contributed by atoms with Crippen LogP contribution in [-0.4, -0.2) is 78.5 Å². The summed E-state index contributed by atoms with van der Waals surface area (Å²) in [6, 6.07) is 0.182. The van der Waals surface area contributed by atoms with Crippen LogP contribution in [0.3, 0.4) is 0 Å². The zero-order valence-corrected chi connectivity index (χ0v) is 14.4. The summed E-state index contributed by atoms with van der Waals surface area (Å²) in [4.78, 5) is 30.4. The zero-order valence-electron chi connectivity index (χ0n) is 14.4. The molecule has 0 aromatic rings. The number of carbonyl (C=O) groups is 2. The van der Waals surface area contributed by atoms with Gasteiger partial charge in [-0.25, -0.2) is 4.79 Å². The summed E-state index contributed by atoms with van der Waals surface area (Å²) in [5.41, 5.74) is -0.0122. The van der Waals surface area contributed by atoms with Gasteiger partial charge in [0.1, 0.15) is 0 Å². The van der Waals surface area contributed by atoms with Gasteiger partial charge in [0, 0.05) is 44.2 Å². The van der Waals surface area contributed by atoms with Crippen molar-refractivity contribution < 1.29 is 9.59 Å². The average Bonchev–Trinajstić information content (AvgIpc) is 2.73. The largest absolute Gasteiger partial charge is 0.336 e. The molecule has 0 saturated carbocycles. The van der Waals surface area contributed by atoms with E-state index >= 15 is 0 Å². The minimum absolute atomic E-state index is 0.0122. The molecule has 2 fully saturated rings. The molecule has 2 rings (SSSR count). The summed E-state index contributed by atoms with van der Waals surface area (Å²) in [5.74, 6) is 0.280. The van der Waals surface area contributed by atoms with Crippen LogP contribution < -0.4 is 5.32 Å². The van der Waals surface area contributed by atoms with Crippen molar-refractivity contribution in [2.45, 2.75) is 51.1 Å². The Hall–Kier alpha value is -1.30. The topological polar surface area (TPSA) is 55.9 Å². The number of amides is 3. The Morgan fingerprint density at radius 1 is 1.27 bits per heavy atom. The van der Waals surface area contributed by atoms with Crippen LogP contribution in [0.15, 0.2) is 0 Å². The van der Waals surface area contributed by atoms with Crippen molar-refractivity contribution in [3.63, 3.8) is 0 Å². The van der Waals surface area contributed by atoms with E-state index in [0.29, 0.717) is 6.42 Å². The van der Waals surface area contributed by atoms with Gasteiger partial charge in [0.2, 0.25) is 5.91 Å². The van der Waals surface area contributed by atoms with Crippen LogP contribution in [0, 0.1) is 0 Å². The normalized spacial score (nSPS) is 21.3. The first-order valence-electron chi connectivity index (χ1n) is 8.35. The summed E-state index contributed by atoms with van der Waals surface area (Å²) in [6.45, 7) is 7.12. The Morgan fingerprint density at radius 3 is 2.45 bits per heavy atom. The number of likely N-dealkylation sites (N-methyl/N-ethyl adjacent to an activating group) is 1. The van der Waals surface area contributed by atoms with E-state index in [-0.39, 0.29) is 23.5 Å². The molecule has 0 aromatic heterocycles. The van der Waals surface area contributed by atoms with Gasteiger partial charge in [0.25, 0.3) is 0 Å². The fraction of sp³-hybridized carbons (Fsp3) is 0.875. The van der Waals surface area contributed by atoms with Crippen LogP contribution in [0.4, 0.5) is 4.79 Å².